The van der Waals surface area contributed by atoms with Crippen LogP contribution in [0.5, 0.6) is 0 Å². The zero-order valence-corrected chi connectivity index (χ0v) is 15.9. The number of hydrogen-bond donors (Lipinski definition) is 3. The fourth-order valence-electron chi connectivity index (χ4n) is 3.38. The minimum absolute atomic E-state index is 0.116. The molecule has 2 aromatic carbocycles. The Kier molecular flexibility index (Phi) is 4.79. The third-order valence-corrected chi connectivity index (χ3v) is 5.71. The molecule has 7 nitrogen and oxygen atoms in total. The maximum Gasteiger partial charge on any atom is 0.305 e. The van der Waals surface area contributed by atoms with Crippen LogP contribution < -0.4 is 15.6 Å². The first-order valence-corrected chi connectivity index (χ1v) is 9.64. The van der Waals surface area contributed by atoms with Gasteiger partial charge in [-0.15, -0.1) is 0 Å². The number of hydrogen-bond acceptors (Lipinski definition) is 5. The smallest absolute Gasteiger partial charge is 0.305 e. The van der Waals surface area contributed by atoms with Crippen LogP contribution in [0.3, 0.4) is 0 Å². The zero-order valence-electron chi connectivity index (χ0n) is 15.1. The maximum atomic E-state index is 12.7. The van der Waals surface area contributed by atoms with Crippen LogP contribution in [0, 0.1) is 5.92 Å². The molecule has 0 bridgehead atoms. The second kappa shape index (κ2) is 7.40. The number of fused-ring (bicyclic) bond motifs is 1. The van der Waals surface area contributed by atoms with Crippen LogP contribution in [0.1, 0.15) is 24.0 Å². The molecule has 142 valence electrons. The molecule has 4 rings (SSSR count). The Morgan fingerprint density at radius 2 is 1.96 bits per heavy atom. The lowest BCUT2D eigenvalue weighted by molar-refractivity contribution is -0.133. The molecule has 1 aromatic heterocycles. The van der Waals surface area contributed by atoms with Gasteiger partial charge in [-0.05, 0) is 30.2 Å². The summed E-state index contributed by atoms with van der Waals surface area (Å²) in [6, 6.07) is 15.0. The third kappa shape index (κ3) is 3.46. The topological polar surface area (TPSA) is 103 Å². The summed E-state index contributed by atoms with van der Waals surface area (Å²) in [5, 5.41) is 6.93. The van der Waals surface area contributed by atoms with Gasteiger partial charge in [0.1, 0.15) is 5.92 Å². The van der Waals surface area contributed by atoms with Crippen molar-refractivity contribution < 1.29 is 9.59 Å². The van der Waals surface area contributed by atoms with E-state index in [1.807, 2.05) is 42.5 Å². The van der Waals surface area contributed by atoms with Crippen LogP contribution >= 0.6 is 11.3 Å². The van der Waals surface area contributed by atoms with Crippen molar-refractivity contribution in [2.45, 2.75) is 12.8 Å². The normalized spacial score (nSPS) is 19.6. The van der Waals surface area contributed by atoms with E-state index < -0.39 is 11.8 Å². The average molecular weight is 394 g/mol. The molecule has 2 amide bonds. The molecule has 1 saturated heterocycles. The number of nitrogens with one attached hydrogen (secondary N) is 3. The minimum Gasteiger partial charge on any atom is -0.355 e. The molecule has 0 radical (unpaired) electrons. The van der Waals surface area contributed by atoms with Gasteiger partial charge >= 0.3 is 4.87 Å². The number of carbonyl (C=O) groups is 2. The molecule has 3 N–H and O–H groups in total. The Balaban J connectivity index is 1.52. The van der Waals surface area contributed by atoms with Gasteiger partial charge in [-0.2, -0.15) is 5.10 Å². The molecule has 2 unspecified atom stereocenters. The summed E-state index contributed by atoms with van der Waals surface area (Å²) in [6.07, 6.45) is 0. The number of amides is 2. The first-order valence-electron chi connectivity index (χ1n) is 8.83. The van der Waals surface area contributed by atoms with Gasteiger partial charge in [0.15, 0.2) is 0 Å². The van der Waals surface area contributed by atoms with Gasteiger partial charge in [0.2, 0.25) is 5.91 Å². The van der Waals surface area contributed by atoms with Crippen LogP contribution in [0.2, 0.25) is 0 Å². The fraction of sp³-hybridized carbons (Fsp3) is 0.200. The summed E-state index contributed by atoms with van der Waals surface area (Å²) in [5.74, 6) is -1.78. The molecule has 28 heavy (non-hydrogen) atoms. The number of carbonyl (C=O) groups excluding carboxylic acids is 2. The maximum absolute atomic E-state index is 12.7. The van der Waals surface area contributed by atoms with E-state index in [-0.39, 0.29) is 16.7 Å². The van der Waals surface area contributed by atoms with Crippen molar-refractivity contribution in [2.24, 2.45) is 11.0 Å². The SMILES string of the molecule is C/C(=N/NC(=O)C1C(=O)NCC1c1ccccc1)c1ccc2[nH]c(=O)sc2c1. The molecular weight excluding hydrogens is 376 g/mol. The summed E-state index contributed by atoms with van der Waals surface area (Å²) in [7, 11) is 0. The first kappa shape index (κ1) is 18.1. The molecule has 3 aromatic rings. The molecule has 8 heteroatoms. The Morgan fingerprint density at radius 3 is 2.75 bits per heavy atom. The summed E-state index contributed by atoms with van der Waals surface area (Å²) in [6.45, 7) is 2.19. The highest BCUT2D eigenvalue weighted by molar-refractivity contribution is 7.16. The lowest BCUT2D eigenvalue weighted by Crippen LogP contribution is -2.35. The molecule has 1 aliphatic heterocycles. The predicted molar refractivity (Wildman–Crippen MR) is 108 cm³/mol. The van der Waals surface area contributed by atoms with Gasteiger partial charge < -0.3 is 10.3 Å². The van der Waals surface area contributed by atoms with E-state index in [0.29, 0.717) is 12.3 Å². The van der Waals surface area contributed by atoms with Crippen molar-refractivity contribution in [3.05, 3.63) is 69.3 Å². The van der Waals surface area contributed by atoms with E-state index in [1.54, 1.807) is 13.0 Å². The quantitative estimate of drug-likeness (QED) is 0.358. The van der Waals surface area contributed by atoms with Crippen LogP contribution in [0.25, 0.3) is 10.2 Å². The van der Waals surface area contributed by atoms with Crippen molar-refractivity contribution in [3.8, 4) is 0 Å². The molecule has 1 fully saturated rings. The van der Waals surface area contributed by atoms with Crippen molar-refractivity contribution in [1.29, 1.82) is 0 Å². The third-order valence-electron chi connectivity index (χ3n) is 4.86. The van der Waals surface area contributed by atoms with Gasteiger partial charge in [0, 0.05) is 12.5 Å². The number of benzene rings is 2. The number of aromatic amines is 1. The van der Waals surface area contributed by atoms with E-state index >= 15 is 0 Å². The molecule has 0 aliphatic carbocycles. The van der Waals surface area contributed by atoms with Gasteiger partial charge in [-0.25, -0.2) is 5.43 Å². The molecular formula is C20H18N4O3S. The predicted octanol–water partition coefficient (Wildman–Crippen LogP) is 1.96. The second-order valence-corrected chi connectivity index (χ2v) is 7.65. The number of H-pyrrole nitrogens is 1. The standard InChI is InChI=1S/C20H18N4O3S/c1-11(13-7-8-15-16(9-13)28-20(27)22-15)23-24-19(26)17-14(10-21-18(17)25)12-5-3-2-4-6-12/h2-9,14,17H,10H2,1H3,(H,21,25)(H,22,27)(H,24,26)/b23-11-. The van der Waals surface area contributed by atoms with E-state index in [1.165, 1.54) is 0 Å². The molecule has 1 aliphatic rings. The van der Waals surface area contributed by atoms with Crippen LogP contribution in [0.4, 0.5) is 0 Å². The number of rotatable bonds is 4. The minimum atomic E-state index is -0.823. The molecule has 0 saturated carbocycles. The van der Waals surface area contributed by atoms with Crippen LogP contribution in [-0.2, 0) is 9.59 Å². The van der Waals surface area contributed by atoms with E-state index in [2.05, 4.69) is 20.8 Å². The van der Waals surface area contributed by atoms with Gasteiger partial charge in [0.05, 0.1) is 15.9 Å². The van der Waals surface area contributed by atoms with Crippen molar-refractivity contribution in [1.82, 2.24) is 15.7 Å². The summed E-state index contributed by atoms with van der Waals surface area (Å²) in [5.41, 5.74) is 5.61. The van der Waals surface area contributed by atoms with Gasteiger partial charge in [-0.3, -0.25) is 14.4 Å². The second-order valence-electron chi connectivity index (χ2n) is 6.64. The van der Waals surface area contributed by atoms with Gasteiger partial charge in [-0.1, -0.05) is 47.7 Å². The Bertz CT molecular complexity index is 1130. The largest absolute Gasteiger partial charge is 0.355 e. The highest BCUT2D eigenvalue weighted by Crippen LogP contribution is 2.29. The van der Waals surface area contributed by atoms with Crippen LogP contribution in [-0.4, -0.2) is 29.1 Å². The Morgan fingerprint density at radius 1 is 1.18 bits per heavy atom. The summed E-state index contributed by atoms with van der Waals surface area (Å²) < 4.78 is 0.822. The highest BCUT2D eigenvalue weighted by atomic mass is 32.1. The number of aromatic nitrogens is 1. The van der Waals surface area contributed by atoms with Crippen molar-refractivity contribution in [3.63, 3.8) is 0 Å². The van der Waals surface area contributed by atoms with E-state index in [4.69, 9.17) is 0 Å². The van der Waals surface area contributed by atoms with Crippen LogP contribution in [0.15, 0.2) is 58.4 Å². The molecule has 0 spiro atoms. The van der Waals surface area contributed by atoms with Crippen molar-refractivity contribution in [2.75, 3.05) is 6.54 Å². The van der Waals surface area contributed by atoms with E-state index in [9.17, 15) is 14.4 Å². The summed E-state index contributed by atoms with van der Waals surface area (Å²) >= 11 is 1.12. The average Bonchev–Trinajstić information content (AvgIpc) is 3.27. The monoisotopic (exact) mass is 394 g/mol. The number of hydrazone groups is 1. The molecule has 2 atom stereocenters. The highest BCUT2D eigenvalue weighted by Gasteiger charge is 2.40. The Hall–Kier alpha value is -3.26. The number of thiazole rings is 1. The fourth-order valence-corrected chi connectivity index (χ4v) is 4.15. The number of nitrogens with zero attached hydrogens (tertiary/aromatic N) is 1. The Labute approximate surface area is 164 Å². The lowest BCUT2D eigenvalue weighted by Gasteiger charge is -2.15. The first-order chi connectivity index (χ1) is 13.5. The van der Waals surface area contributed by atoms with Crippen molar-refractivity contribution >= 4 is 39.1 Å². The zero-order chi connectivity index (χ0) is 19.7. The lowest BCUT2D eigenvalue weighted by atomic mass is 9.88. The van der Waals surface area contributed by atoms with Gasteiger partial charge in [0.25, 0.3) is 5.91 Å². The van der Waals surface area contributed by atoms with E-state index in [0.717, 1.165) is 32.7 Å². The summed E-state index contributed by atoms with van der Waals surface area (Å²) in [4.78, 5) is 39.0. The molecule has 2 heterocycles.